The minimum Gasteiger partial charge on any atom is -0.353 e. The predicted molar refractivity (Wildman–Crippen MR) is 81.6 cm³/mol. The van der Waals surface area contributed by atoms with Crippen LogP contribution in [0.25, 0.3) is 0 Å². The molecule has 1 amide bonds. The Morgan fingerprint density at radius 2 is 2.11 bits per heavy atom. The largest absolute Gasteiger partial charge is 0.353 e. The van der Waals surface area contributed by atoms with Gasteiger partial charge in [0.05, 0.1) is 5.92 Å². The maximum atomic E-state index is 12.2. The van der Waals surface area contributed by atoms with Gasteiger partial charge in [-0.2, -0.15) is 0 Å². The van der Waals surface area contributed by atoms with Crippen LogP contribution >= 0.6 is 12.4 Å². The molecule has 2 fully saturated rings. The quantitative estimate of drug-likeness (QED) is 0.817. The molecule has 1 aliphatic carbocycles. The van der Waals surface area contributed by atoms with E-state index in [9.17, 15) is 4.79 Å². The van der Waals surface area contributed by atoms with E-state index >= 15 is 0 Å². The molecule has 0 aromatic heterocycles. The average Bonchev–Trinajstić information content (AvgIpc) is 2.84. The molecule has 1 saturated carbocycles. The first kappa shape index (κ1) is 16.8. The van der Waals surface area contributed by atoms with Gasteiger partial charge in [-0.05, 0) is 44.6 Å². The average molecular weight is 289 g/mol. The number of hydrogen-bond donors (Lipinski definition) is 2. The summed E-state index contributed by atoms with van der Waals surface area (Å²) >= 11 is 0. The summed E-state index contributed by atoms with van der Waals surface area (Å²) in [6, 6.07) is 0.464. The predicted octanol–water partition coefficient (Wildman–Crippen LogP) is 2.88. The smallest absolute Gasteiger partial charge is 0.224 e. The molecule has 4 heteroatoms. The molecule has 2 rings (SSSR count). The molecular formula is C15H29ClN2O. The van der Waals surface area contributed by atoms with Crippen LogP contribution in [-0.4, -0.2) is 25.0 Å². The molecule has 2 N–H and O–H groups in total. The van der Waals surface area contributed by atoms with Gasteiger partial charge in [-0.25, -0.2) is 0 Å². The molecule has 3 nitrogen and oxygen atoms in total. The van der Waals surface area contributed by atoms with E-state index in [2.05, 4.69) is 17.6 Å². The van der Waals surface area contributed by atoms with Crippen molar-refractivity contribution >= 4 is 18.3 Å². The highest BCUT2D eigenvalue weighted by molar-refractivity contribution is 5.85. The molecule has 1 heterocycles. The SMILES string of the molecule is CCCCC1CCCC1NC(=O)C1CCCNC1.Cl. The van der Waals surface area contributed by atoms with E-state index in [1.807, 2.05) is 0 Å². The lowest BCUT2D eigenvalue weighted by Gasteiger charge is -2.26. The van der Waals surface area contributed by atoms with Crippen molar-refractivity contribution in [3.8, 4) is 0 Å². The van der Waals surface area contributed by atoms with Crippen LogP contribution in [0, 0.1) is 11.8 Å². The first-order chi connectivity index (χ1) is 8.81. The van der Waals surface area contributed by atoms with E-state index in [-0.39, 0.29) is 18.3 Å². The lowest BCUT2D eigenvalue weighted by Crippen LogP contribution is -2.45. The zero-order chi connectivity index (χ0) is 12.8. The van der Waals surface area contributed by atoms with Gasteiger partial charge in [-0.3, -0.25) is 4.79 Å². The zero-order valence-corrected chi connectivity index (χ0v) is 12.9. The number of hydrogen-bond acceptors (Lipinski definition) is 2. The van der Waals surface area contributed by atoms with Crippen molar-refractivity contribution in [1.29, 1.82) is 0 Å². The molecular weight excluding hydrogens is 260 g/mol. The molecule has 3 unspecified atom stereocenters. The minimum atomic E-state index is 0. The van der Waals surface area contributed by atoms with Gasteiger partial charge >= 0.3 is 0 Å². The van der Waals surface area contributed by atoms with E-state index in [0.29, 0.717) is 11.9 Å². The van der Waals surface area contributed by atoms with E-state index in [4.69, 9.17) is 0 Å². The van der Waals surface area contributed by atoms with Crippen LogP contribution in [0.5, 0.6) is 0 Å². The van der Waals surface area contributed by atoms with Crippen LogP contribution in [0.2, 0.25) is 0 Å². The van der Waals surface area contributed by atoms with Gasteiger partial charge in [-0.15, -0.1) is 12.4 Å². The van der Waals surface area contributed by atoms with Gasteiger partial charge in [0.1, 0.15) is 0 Å². The molecule has 112 valence electrons. The first-order valence-corrected chi connectivity index (χ1v) is 7.82. The van der Waals surface area contributed by atoms with Crippen molar-refractivity contribution in [2.75, 3.05) is 13.1 Å². The number of carbonyl (C=O) groups excluding carboxylic acids is 1. The number of piperidine rings is 1. The summed E-state index contributed by atoms with van der Waals surface area (Å²) < 4.78 is 0. The van der Waals surface area contributed by atoms with Gasteiger partial charge in [0.2, 0.25) is 5.91 Å². The van der Waals surface area contributed by atoms with Crippen LogP contribution in [0.1, 0.15) is 58.3 Å². The van der Waals surface area contributed by atoms with Crippen molar-refractivity contribution < 1.29 is 4.79 Å². The van der Waals surface area contributed by atoms with E-state index < -0.39 is 0 Å². The Morgan fingerprint density at radius 3 is 2.79 bits per heavy atom. The molecule has 2 aliphatic rings. The van der Waals surface area contributed by atoms with Crippen molar-refractivity contribution in [3.05, 3.63) is 0 Å². The molecule has 1 saturated heterocycles. The minimum absolute atomic E-state index is 0. The van der Waals surface area contributed by atoms with Crippen LogP contribution in [0.3, 0.4) is 0 Å². The Morgan fingerprint density at radius 1 is 1.26 bits per heavy atom. The van der Waals surface area contributed by atoms with E-state index in [1.165, 1.54) is 38.5 Å². The lowest BCUT2D eigenvalue weighted by atomic mass is 9.94. The highest BCUT2D eigenvalue weighted by Crippen LogP contribution is 2.30. The molecule has 1 aliphatic heterocycles. The standard InChI is InChI=1S/C15H28N2O.ClH/c1-2-3-6-12-7-4-9-14(12)17-15(18)13-8-5-10-16-11-13;/h12-14,16H,2-11H2,1H3,(H,17,18);1H. The number of amides is 1. The van der Waals surface area contributed by atoms with E-state index in [1.54, 1.807) is 0 Å². The van der Waals surface area contributed by atoms with Gasteiger partial charge in [0.15, 0.2) is 0 Å². The molecule has 0 aromatic rings. The van der Waals surface area contributed by atoms with Crippen LogP contribution < -0.4 is 10.6 Å². The highest BCUT2D eigenvalue weighted by Gasteiger charge is 2.30. The Kier molecular flexibility index (Phi) is 7.77. The Bertz CT molecular complexity index is 267. The van der Waals surface area contributed by atoms with Crippen LogP contribution in [-0.2, 0) is 4.79 Å². The molecule has 0 spiro atoms. The van der Waals surface area contributed by atoms with Gasteiger partial charge in [-0.1, -0.05) is 26.2 Å². The monoisotopic (exact) mass is 288 g/mol. The number of halogens is 1. The molecule has 0 radical (unpaired) electrons. The van der Waals surface area contributed by atoms with Crippen molar-refractivity contribution in [2.45, 2.75) is 64.3 Å². The molecule has 0 bridgehead atoms. The van der Waals surface area contributed by atoms with Crippen molar-refractivity contribution in [3.63, 3.8) is 0 Å². The molecule has 19 heavy (non-hydrogen) atoms. The van der Waals surface area contributed by atoms with Gasteiger partial charge < -0.3 is 10.6 Å². The summed E-state index contributed by atoms with van der Waals surface area (Å²) in [6.07, 6.45) is 9.87. The fourth-order valence-corrected chi connectivity index (χ4v) is 3.41. The van der Waals surface area contributed by atoms with Gasteiger partial charge in [0.25, 0.3) is 0 Å². The summed E-state index contributed by atoms with van der Waals surface area (Å²) in [6.45, 7) is 4.20. The fraction of sp³-hybridized carbons (Fsp3) is 0.933. The molecule has 3 atom stereocenters. The topological polar surface area (TPSA) is 41.1 Å². The normalized spacial score (nSPS) is 30.7. The second kappa shape index (κ2) is 8.80. The van der Waals surface area contributed by atoms with Crippen LogP contribution in [0.15, 0.2) is 0 Å². The first-order valence-electron chi connectivity index (χ1n) is 7.82. The summed E-state index contributed by atoms with van der Waals surface area (Å²) in [7, 11) is 0. The van der Waals surface area contributed by atoms with E-state index in [0.717, 1.165) is 31.8 Å². The summed E-state index contributed by atoms with van der Waals surface area (Å²) in [4.78, 5) is 12.2. The lowest BCUT2D eigenvalue weighted by molar-refractivity contribution is -0.126. The third-order valence-corrected chi connectivity index (χ3v) is 4.58. The Hall–Kier alpha value is -0.280. The van der Waals surface area contributed by atoms with Crippen molar-refractivity contribution in [2.24, 2.45) is 11.8 Å². The maximum Gasteiger partial charge on any atom is 0.224 e. The summed E-state index contributed by atoms with van der Waals surface area (Å²) in [5.41, 5.74) is 0. The number of rotatable bonds is 5. The maximum absolute atomic E-state index is 12.2. The number of nitrogens with one attached hydrogen (secondary N) is 2. The van der Waals surface area contributed by atoms with Crippen molar-refractivity contribution in [1.82, 2.24) is 10.6 Å². The Labute approximate surface area is 123 Å². The summed E-state index contributed by atoms with van der Waals surface area (Å²) in [5, 5.41) is 6.65. The number of carbonyl (C=O) groups is 1. The van der Waals surface area contributed by atoms with Crippen LogP contribution in [0.4, 0.5) is 0 Å². The third kappa shape index (κ3) is 4.96. The van der Waals surface area contributed by atoms with Gasteiger partial charge in [0, 0.05) is 12.6 Å². The Balaban J connectivity index is 0.00000180. The third-order valence-electron chi connectivity index (χ3n) is 4.58. The second-order valence-corrected chi connectivity index (χ2v) is 5.99. The molecule has 0 aromatic carbocycles. The number of unbranched alkanes of at least 4 members (excludes halogenated alkanes) is 1. The summed E-state index contributed by atoms with van der Waals surface area (Å²) in [5.74, 6) is 1.26. The zero-order valence-electron chi connectivity index (χ0n) is 12.1. The second-order valence-electron chi connectivity index (χ2n) is 5.99. The fourth-order valence-electron chi connectivity index (χ4n) is 3.41. The highest BCUT2D eigenvalue weighted by atomic mass is 35.5.